The Morgan fingerprint density at radius 1 is 1.50 bits per heavy atom. The number of aromatic nitrogens is 2. The fourth-order valence-corrected chi connectivity index (χ4v) is 1.79. The molecule has 5 nitrogen and oxygen atoms in total. The van der Waals surface area contributed by atoms with Gasteiger partial charge in [-0.05, 0) is 6.07 Å². The van der Waals surface area contributed by atoms with Crippen molar-refractivity contribution in [2.75, 3.05) is 5.32 Å². The molecule has 0 unspecified atom stereocenters. The normalized spacial score (nSPS) is 10.0. The number of anilines is 1. The van der Waals surface area contributed by atoms with E-state index >= 15 is 0 Å². The van der Waals surface area contributed by atoms with Crippen molar-refractivity contribution >= 4 is 23.0 Å². The van der Waals surface area contributed by atoms with Gasteiger partial charge in [0, 0.05) is 24.0 Å². The molecular formula is C10H9N3O2S. The Bertz CT molecular complexity index is 485. The standard InChI is InChI=1S/C10H9N3O2S/c14-10(15)7-5-11-2-1-8(7)13-6-9-12-3-4-16-9/h1-5H,6H2,(H,11,13)(H,14,15). The lowest BCUT2D eigenvalue weighted by Gasteiger charge is -2.06. The van der Waals surface area contributed by atoms with Crippen molar-refractivity contribution in [3.63, 3.8) is 0 Å². The Labute approximate surface area is 95.8 Å². The van der Waals surface area contributed by atoms with Crippen molar-refractivity contribution in [3.8, 4) is 0 Å². The zero-order chi connectivity index (χ0) is 11.4. The molecule has 0 saturated heterocycles. The lowest BCUT2D eigenvalue weighted by atomic mass is 10.2. The summed E-state index contributed by atoms with van der Waals surface area (Å²) in [6.45, 7) is 0.516. The summed E-state index contributed by atoms with van der Waals surface area (Å²) in [5.41, 5.74) is 0.719. The van der Waals surface area contributed by atoms with Gasteiger partial charge in [0.2, 0.25) is 0 Å². The molecule has 0 saturated carbocycles. The van der Waals surface area contributed by atoms with Gasteiger partial charge in [0.1, 0.15) is 10.6 Å². The number of rotatable bonds is 4. The number of carbonyl (C=O) groups is 1. The molecule has 2 rings (SSSR count). The summed E-state index contributed by atoms with van der Waals surface area (Å²) in [7, 11) is 0. The van der Waals surface area contributed by atoms with Gasteiger partial charge < -0.3 is 10.4 Å². The molecule has 0 fully saturated rings. The number of pyridine rings is 1. The maximum absolute atomic E-state index is 10.9. The van der Waals surface area contributed by atoms with Crippen LogP contribution < -0.4 is 5.32 Å². The second-order valence-corrected chi connectivity index (χ2v) is 3.98. The molecule has 0 bridgehead atoms. The second kappa shape index (κ2) is 4.71. The van der Waals surface area contributed by atoms with Crippen LogP contribution in [0.1, 0.15) is 15.4 Å². The molecule has 0 aliphatic heterocycles. The van der Waals surface area contributed by atoms with E-state index in [0.717, 1.165) is 5.01 Å². The minimum Gasteiger partial charge on any atom is -0.478 e. The van der Waals surface area contributed by atoms with E-state index in [9.17, 15) is 4.79 Å². The van der Waals surface area contributed by atoms with E-state index in [1.165, 1.54) is 17.5 Å². The summed E-state index contributed by atoms with van der Waals surface area (Å²) in [5, 5.41) is 14.7. The molecule has 2 aromatic heterocycles. The second-order valence-electron chi connectivity index (χ2n) is 3.01. The molecule has 2 N–H and O–H groups in total. The highest BCUT2D eigenvalue weighted by Gasteiger charge is 2.09. The molecule has 0 aliphatic carbocycles. The summed E-state index contributed by atoms with van der Waals surface area (Å²) >= 11 is 1.52. The van der Waals surface area contributed by atoms with Gasteiger partial charge in [-0.25, -0.2) is 9.78 Å². The predicted molar refractivity (Wildman–Crippen MR) is 60.6 cm³/mol. The fourth-order valence-electron chi connectivity index (χ4n) is 1.23. The molecular weight excluding hydrogens is 226 g/mol. The highest BCUT2D eigenvalue weighted by atomic mass is 32.1. The summed E-state index contributed by atoms with van der Waals surface area (Å²) in [4.78, 5) is 18.8. The molecule has 6 heteroatoms. The summed E-state index contributed by atoms with van der Waals surface area (Å²) in [6.07, 6.45) is 4.59. The quantitative estimate of drug-likeness (QED) is 0.845. The molecule has 0 amide bonds. The SMILES string of the molecule is O=C(O)c1cnccc1NCc1nccs1. The lowest BCUT2D eigenvalue weighted by molar-refractivity contribution is 0.0697. The maximum Gasteiger partial charge on any atom is 0.339 e. The lowest BCUT2D eigenvalue weighted by Crippen LogP contribution is -2.06. The van der Waals surface area contributed by atoms with E-state index in [2.05, 4.69) is 15.3 Å². The minimum atomic E-state index is -0.991. The summed E-state index contributed by atoms with van der Waals surface area (Å²) < 4.78 is 0. The van der Waals surface area contributed by atoms with Crippen molar-refractivity contribution in [2.24, 2.45) is 0 Å². The van der Waals surface area contributed by atoms with Crippen molar-refractivity contribution in [1.29, 1.82) is 0 Å². The first-order valence-corrected chi connectivity index (χ1v) is 5.45. The van der Waals surface area contributed by atoms with Gasteiger partial charge in [0.05, 0.1) is 12.2 Å². The first kappa shape index (κ1) is 10.6. The Hall–Kier alpha value is -1.95. The Morgan fingerprint density at radius 2 is 2.38 bits per heavy atom. The van der Waals surface area contributed by atoms with E-state index in [1.807, 2.05) is 5.38 Å². The third-order valence-corrected chi connectivity index (χ3v) is 2.74. The van der Waals surface area contributed by atoms with Crippen LogP contribution >= 0.6 is 11.3 Å². The zero-order valence-corrected chi connectivity index (χ0v) is 9.07. The van der Waals surface area contributed by atoms with Crippen LogP contribution in [0.4, 0.5) is 5.69 Å². The van der Waals surface area contributed by atoms with E-state index < -0.39 is 5.97 Å². The highest BCUT2D eigenvalue weighted by molar-refractivity contribution is 7.09. The molecule has 2 heterocycles. The third kappa shape index (κ3) is 2.34. The monoisotopic (exact) mass is 235 g/mol. The van der Waals surface area contributed by atoms with Crippen LogP contribution in [0.2, 0.25) is 0 Å². The number of nitrogens with zero attached hydrogens (tertiary/aromatic N) is 2. The molecule has 82 valence electrons. The van der Waals surface area contributed by atoms with Crippen molar-refractivity contribution in [2.45, 2.75) is 6.54 Å². The number of hydrogen-bond acceptors (Lipinski definition) is 5. The van der Waals surface area contributed by atoms with Crippen LogP contribution in [-0.4, -0.2) is 21.0 Å². The first-order valence-electron chi connectivity index (χ1n) is 4.57. The zero-order valence-electron chi connectivity index (χ0n) is 8.25. The van der Waals surface area contributed by atoms with Crippen LogP contribution in [0.25, 0.3) is 0 Å². The average Bonchev–Trinajstić information content (AvgIpc) is 2.79. The van der Waals surface area contributed by atoms with Gasteiger partial charge in [0.15, 0.2) is 0 Å². The minimum absolute atomic E-state index is 0.166. The van der Waals surface area contributed by atoms with Gasteiger partial charge in [-0.2, -0.15) is 0 Å². The maximum atomic E-state index is 10.9. The van der Waals surface area contributed by atoms with E-state index in [1.54, 1.807) is 18.5 Å². The molecule has 0 aromatic carbocycles. The highest BCUT2D eigenvalue weighted by Crippen LogP contribution is 2.15. The van der Waals surface area contributed by atoms with E-state index in [4.69, 9.17) is 5.11 Å². The van der Waals surface area contributed by atoms with Gasteiger partial charge in [-0.1, -0.05) is 0 Å². The van der Waals surface area contributed by atoms with Gasteiger partial charge in [-0.15, -0.1) is 11.3 Å². The van der Waals surface area contributed by atoms with Crippen molar-refractivity contribution in [1.82, 2.24) is 9.97 Å². The summed E-state index contributed by atoms with van der Waals surface area (Å²) in [6, 6.07) is 1.64. The third-order valence-electron chi connectivity index (χ3n) is 1.97. The number of nitrogens with one attached hydrogen (secondary N) is 1. The molecule has 0 aliphatic rings. The van der Waals surface area contributed by atoms with Crippen LogP contribution in [0.15, 0.2) is 30.0 Å². The molecule has 0 spiro atoms. The van der Waals surface area contributed by atoms with Crippen LogP contribution in [0.3, 0.4) is 0 Å². The Kier molecular flexibility index (Phi) is 3.11. The molecule has 2 aromatic rings. The Balaban J connectivity index is 2.12. The van der Waals surface area contributed by atoms with E-state index in [-0.39, 0.29) is 5.56 Å². The van der Waals surface area contributed by atoms with E-state index in [0.29, 0.717) is 12.2 Å². The van der Waals surface area contributed by atoms with Gasteiger partial charge in [0.25, 0.3) is 0 Å². The fraction of sp³-hybridized carbons (Fsp3) is 0.100. The largest absolute Gasteiger partial charge is 0.478 e. The first-order chi connectivity index (χ1) is 7.77. The van der Waals surface area contributed by atoms with Crippen molar-refractivity contribution < 1.29 is 9.90 Å². The number of aromatic carboxylic acids is 1. The number of carboxylic acids is 1. The predicted octanol–water partition coefficient (Wildman–Crippen LogP) is 1.85. The average molecular weight is 235 g/mol. The summed E-state index contributed by atoms with van der Waals surface area (Å²) in [5.74, 6) is -0.991. The smallest absolute Gasteiger partial charge is 0.339 e. The van der Waals surface area contributed by atoms with Crippen LogP contribution in [-0.2, 0) is 6.54 Å². The number of thiazole rings is 1. The van der Waals surface area contributed by atoms with Gasteiger partial charge >= 0.3 is 5.97 Å². The molecule has 0 atom stereocenters. The topological polar surface area (TPSA) is 75.1 Å². The van der Waals surface area contributed by atoms with Crippen LogP contribution in [0.5, 0.6) is 0 Å². The number of hydrogen-bond donors (Lipinski definition) is 2. The van der Waals surface area contributed by atoms with Crippen molar-refractivity contribution in [3.05, 3.63) is 40.6 Å². The number of carboxylic acid groups (broad SMARTS) is 1. The van der Waals surface area contributed by atoms with Crippen LogP contribution in [0, 0.1) is 0 Å². The van der Waals surface area contributed by atoms with Gasteiger partial charge in [-0.3, -0.25) is 4.98 Å². The molecule has 0 radical (unpaired) electrons. The molecule has 16 heavy (non-hydrogen) atoms. The Morgan fingerprint density at radius 3 is 3.06 bits per heavy atom.